The normalized spacial score (nSPS) is 12.7. The first kappa shape index (κ1) is 35.1. The molecule has 2 aromatic carbocycles. The van der Waals surface area contributed by atoms with E-state index in [1.54, 1.807) is 38.4 Å². The summed E-state index contributed by atoms with van der Waals surface area (Å²) in [6.07, 6.45) is 3.63. The van der Waals surface area contributed by atoms with Crippen LogP contribution in [0.4, 0.5) is 0 Å². The molecule has 0 unspecified atom stereocenters. The Balaban J connectivity index is 1.75. The van der Waals surface area contributed by atoms with Gasteiger partial charge in [-0.05, 0) is 79.3 Å². The molecule has 0 radical (unpaired) electrons. The minimum atomic E-state index is -4.05. The second-order valence-electron chi connectivity index (χ2n) is 10.0. The molecule has 0 bridgehead atoms. The lowest BCUT2D eigenvalue weighted by atomic mass is 9.98. The number of nitrogens with zero attached hydrogens (tertiary/aromatic N) is 2. The number of carbonyl (C=O) groups is 2. The number of benzene rings is 2. The lowest BCUT2D eigenvalue weighted by Gasteiger charge is -2.30. The first-order valence-corrected chi connectivity index (χ1v) is 17.0. The van der Waals surface area contributed by atoms with Gasteiger partial charge in [-0.3, -0.25) is 14.6 Å². The van der Waals surface area contributed by atoms with Crippen molar-refractivity contribution in [1.29, 1.82) is 0 Å². The smallest absolute Gasteiger partial charge is 0.318 e. The van der Waals surface area contributed by atoms with Crippen LogP contribution in [0.2, 0.25) is 5.02 Å². The fourth-order valence-corrected chi connectivity index (χ4v) is 7.45. The Bertz CT molecular complexity index is 1700. The van der Waals surface area contributed by atoms with Crippen LogP contribution in [0.15, 0.2) is 65.8 Å². The fraction of sp³-hybridized carbons (Fsp3) is 0.345. The van der Waals surface area contributed by atoms with Crippen LogP contribution in [0.25, 0.3) is 11.1 Å². The summed E-state index contributed by atoms with van der Waals surface area (Å²) >= 11 is 6.28. The molecule has 0 saturated carbocycles. The van der Waals surface area contributed by atoms with Gasteiger partial charge in [0.1, 0.15) is 6.54 Å². The summed E-state index contributed by atoms with van der Waals surface area (Å²) in [5.41, 5.74) is 4.05. The van der Waals surface area contributed by atoms with Crippen molar-refractivity contribution in [3.8, 4) is 11.1 Å². The zero-order valence-corrected chi connectivity index (χ0v) is 27.0. The number of sulfonamides is 1. The van der Waals surface area contributed by atoms with Crippen molar-refractivity contribution in [3.05, 3.63) is 82.6 Å². The van der Waals surface area contributed by atoms with Crippen LogP contribution >= 0.6 is 11.6 Å². The average Bonchev–Trinajstić information content (AvgIpc) is 2.98. The highest BCUT2D eigenvalue weighted by Gasteiger charge is 2.31. The number of nitrogens with one attached hydrogen (secondary N) is 3. The maximum atomic E-state index is 14.1. The van der Waals surface area contributed by atoms with Crippen molar-refractivity contribution >= 4 is 43.7 Å². The molecule has 1 amide bonds. The number of halogens is 1. The van der Waals surface area contributed by atoms with Crippen LogP contribution in [0, 0.1) is 13.8 Å². The standard InChI is InChI=1S/C29H36ClN5O7S2/c1-20-18-31-13-12-25(20)24-8-4-7-23(17-24)22(3)35(43(39,40)27-10-5-9-26(30)21(27)2)16-6-11-28(36)32-14-15-33-44(41,42)34-19-29(37)38/h4-5,7-10,12-13,17-18,22,33-34H,6,11,14-16,19H2,1-3H3,(H,32,36)(H,37,38)/t22-/m0/s1. The van der Waals surface area contributed by atoms with Gasteiger partial charge in [0.15, 0.2) is 0 Å². The zero-order chi connectivity index (χ0) is 32.5. The lowest BCUT2D eigenvalue weighted by Crippen LogP contribution is -2.42. The van der Waals surface area contributed by atoms with E-state index in [2.05, 4.69) is 15.0 Å². The van der Waals surface area contributed by atoms with Crippen molar-refractivity contribution < 1.29 is 31.5 Å². The summed E-state index contributed by atoms with van der Waals surface area (Å²) in [4.78, 5) is 27.2. The molecule has 1 aromatic heterocycles. The predicted molar refractivity (Wildman–Crippen MR) is 168 cm³/mol. The van der Waals surface area contributed by atoms with Crippen LogP contribution in [-0.2, 0) is 29.8 Å². The molecule has 0 aliphatic carbocycles. The summed E-state index contributed by atoms with van der Waals surface area (Å²) in [5, 5.41) is 11.5. The molecule has 44 heavy (non-hydrogen) atoms. The molecule has 0 fully saturated rings. The second kappa shape index (κ2) is 15.5. The van der Waals surface area contributed by atoms with Crippen LogP contribution in [0.3, 0.4) is 0 Å². The minimum absolute atomic E-state index is 0.0203. The summed E-state index contributed by atoms with van der Waals surface area (Å²) < 4.78 is 56.9. The largest absolute Gasteiger partial charge is 0.480 e. The van der Waals surface area contributed by atoms with Gasteiger partial charge in [-0.1, -0.05) is 35.9 Å². The van der Waals surface area contributed by atoms with E-state index < -0.39 is 44.7 Å². The molecular formula is C29H36ClN5O7S2. The summed E-state index contributed by atoms with van der Waals surface area (Å²) in [7, 11) is -8.08. The molecule has 1 heterocycles. The van der Waals surface area contributed by atoms with E-state index in [4.69, 9.17) is 16.7 Å². The van der Waals surface area contributed by atoms with Gasteiger partial charge in [0.05, 0.1) is 4.90 Å². The average molecular weight is 666 g/mol. The van der Waals surface area contributed by atoms with Crippen LogP contribution in [0.1, 0.15) is 42.5 Å². The minimum Gasteiger partial charge on any atom is -0.480 e. The van der Waals surface area contributed by atoms with E-state index in [-0.39, 0.29) is 37.4 Å². The Labute approximate surface area is 263 Å². The number of carboxylic acid groups (broad SMARTS) is 1. The Morgan fingerprint density at radius 1 is 1.02 bits per heavy atom. The van der Waals surface area contributed by atoms with Crippen LogP contribution in [-0.4, -0.2) is 69.3 Å². The number of aliphatic carboxylic acids is 1. The topological polar surface area (TPSA) is 175 Å². The third-order valence-corrected chi connectivity index (χ3v) is 10.5. The third kappa shape index (κ3) is 9.55. The lowest BCUT2D eigenvalue weighted by molar-refractivity contribution is -0.135. The van der Waals surface area contributed by atoms with Gasteiger partial charge in [0.2, 0.25) is 15.9 Å². The van der Waals surface area contributed by atoms with Gasteiger partial charge < -0.3 is 10.4 Å². The number of pyridine rings is 1. The van der Waals surface area contributed by atoms with Gasteiger partial charge in [-0.15, -0.1) is 0 Å². The molecular weight excluding hydrogens is 630 g/mol. The Morgan fingerprint density at radius 2 is 1.75 bits per heavy atom. The van der Waals surface area contributed by atoms with E-state index in [9.17, 15) is 26.4 Å². The Kier molecular flexibility index (Phi) is 12.4. The monoisotopic (exact) mass is 665 g/mol. The highest BCUT2D eigenvalue weighted by atomic mass is 35.5. The predicted octanol–water partition coefficient (Wildman–Crippen LogP) is 3.18. The van der Waals surface area contributed by atoms with E-state index in [0.29, 0.717) is 10.6 Å². The summed E-state index contributed by atoms with van der Waals surface area (Å²) in [6, 6.07) is 13.6. The molecule has 0 saturated heterocycles. The summed E-state index contributed by atoms with van der Waals surface area (Å²) in [6.45, 7) is 4.42. The van der Waals surface area contributed by atoms with Crippen molar-refractivity contribution in [2.45, 2.75) is 44.6 Å². The van der Waals surface area contributed by atoms with E-state index in [1.165, 1.54) is 10.4 Å². The molecule has 1 atom stereocenters. The van der Waals surface area contributed by atoms with Gasteiger partial charge in [-0.2, -0.15) is 17.4 Å². The second-order valence-corrected chi connectivity index (χ2v) is 13.9. The SMILES string of the molecule is Cc1cnccc1-c1cccc([C@H](C)N(CCCC(=O)NCCNS(=O)(=O)NCC(=O)O)S(=O)(=O)c2cccc(Cl)c2C)c1. The van der Waals surface area contributed by atoms with Gasteiger partial charge in [0, 0.05) is 49.5 Å². The number of carboxylic acids is 1. The van der Waals surface area contributed by atoms with Crippen molar-refractivity contribution in [3.63, 3.8) is 0 Å². The van der Waals surface area contributed by atoms with Gasteiger partial charge in [0.25, 0.3) is 10.2 Å². The molecule has 3 rings (SSSR count). The molecule has 15 heteroatoms. The molecule has 238 valence electrons. The maximum absolute atomic E-state index is 14.1. The number of rotatable bonds is 16. The van der Waals surface area contributed by atoms with Crippen molar-refractivity contribution in [1.82, 2.24) is 24.1 Å². The number of carbonyl (C=O) groups excluding carboxylic acids is 1. The Morgan fingerprint density at radius 3 is 2.45 bits per heavy atom. The molecule has 0 spiro atoms. The number of amides is 1. The highest BCUT2D eigenvalue weighted by molar-refractivity contribution is 7.89. The van der Waals surface area contributed by atoms with E-state index in [0.717, 1.165) is 22.3 Å². The molecule has 0 aliphatic heterocycles. The number of aryl methyl sites for hydroxylation is 1. The number of hydrogen-bond acceptors (Lipinski definition) is 7. The zero-order valence-electron chi connectivity index (χ0n) is 24.6. The van der Waals surface area contributed by atoms with Gasteiger partial charge >= 0.3 is 5.97 Å². The fourth-order valence-electron chi connectivity index (χ4n) is 4.52. The number of aromatic nitrogens is 1. The van der Waals surface area contributed by atoms with Crippen LogP contribution in [0.5, 0.6) is 0 Å². The molecule has 3 aromatic rings. The summed E-state index contributed by atoms with van der Waals surface area (Å²) in [5.74, 6) is -1.74. The van der Waals surface area contributed by atoms with Crippen molar-refractivity contribution in [2.75, 3.05) is 26.2 Å². The first-order chi connectivity index (χ1) is 20.7. The van der Waals surface area contributed by atoms with Gasteiger partial charge in [-0.25, -0.2) is 13.1 Å². The molecule has 0 aliphatic rings. The Hall–Kier alpha value is -3.40. The number of hydrogen-bond donors (Lipinski definition) is 4. The van der Waals surface area contributed by atoms with E-state index >= 15 is 0 Å². The molecule has 12 nitrogen and oxygen atoms in total. The first-order valence-electron chi connectivity index (χ1n) is 13.7. The third-order valence-electron chi connectivity index (χ3n) is 6.87. The quantitative estimate of drug-likeness (QED) is 0.169. The maximum Gasteiger partial charge on any atom is 0.318 e. The van der Waals surface area contributed by atoms with Crippen LogP contribution < -0.4 is 14.8 Å². The van der Waals surface area contributed by atoms with E-state index in [1.807, 2.05) is 42.0 Å². The van der Waals surface area contributed by atoms with Crippen molar-refractivity contribution in [2.24, 2.45) is 0 Å². The molecule has 4 N–H and O–H groups in total. The highest BCUT2D eigenvalue weighted by Crippen LogP contribution is 2.33.